The van der Waals surface area contributed by atoms with Crippen LogP contribution in [0.2, 0.25) is 0 Å². The van der Waals surface area contributed by atoms with Crippen LogP contribution in [0.25, 0.3) is 11.4 Å². The molecule has 1 saturated heterocycles. The Kier molecular flexibility index (Phi) is 5.92. The predicted octanol–water partition coefficient (Wildman–Crippen LogP) is 1.64. The van der Waals surface area contributed by atoms with E-state index < -0.39 is 0 Å². The first-order valence-electron chi connectivity index (χ1n) is 8.20. The number of benzene rings is 1. The third kappa shape index (κ3) is 4.74. The molecule has 0 atom stereocenters. The maximum Gasteiger partial charge on any atom is 0.337 e. The average molecular weight is 343 g/mol. The monoisotopic (exact) mass is 343 g/mol. The quantitative estimate of drug-likeness (QED) is 0.738. The van der Waals surface area contributed by atoms with E-state index in [1.54, 1.807) is 30.6 Å². The van der Waals surface area contributed by atoms with E-state index in [2.05, 4.69) is 14.9 Å². The second-order valence-electron chi connectivity index (χ2n) is 5.62. The van der Waals surface area contributed by atoms with E-state index in [0.717, 1.165) is 38.4 Å². The van der Waals surface area contributed by atoms with Crippen LogP contribution in [-0.4, -0.2) is 67.4 Å². The van der Waals surface area contributed by atoms with E-state index in [0.29, 0.717) is 23.7 Å². The minimum absolute atomic E-state index is 0.384. The number of esters is 1. The minimum atomic E-state index is -0.384. The summed E-state index contributed by atoms with van der Waals surface area (Å²) in [5.41, 5.74) is 1.22. The van der Waals surface area contributed by atoms with Crippen LogP contribution in [0.4, 0.5) is 0 Å². The van der Waals surface area contributed by atoms with E-state index in [1.165, 1.54) is 7.11 Å². The molecule has 0 bridgehead atoms. The van der Waals surface area contributed by atoms with Crippen LogP contribution < -0.4 is 4.74 Å². The minimum Gasteiger partial charge on any atom is -0.489 e. The van der Waals surface area contributed by atoms with E-state index in [4.69, 9.17) is 14.2 Å². The molecule has 0 radical (unpaired) electrons. The number of nitrogens with zero attached hydrogens (tertiary/aromatic N) is 3. The summed E-state index contributed by atoms with van der Waals surface area (Å²) >= 11 is 0. The highest BCUT2D eigenvalue weighted by Gasteiger charge is 2.11. The molecule has 1 aromatic heterocycles. The number of carbonyl (C=O) groups is 1. The van der Waals surface area contributed by atoms with Gasteiger partial charge in [-0.05, 0) is 12.1 Å². The molecule has 7 heteroatoms. The zero-order chi connectivity index (χ0) is 17.5. The average Bonchev–Trinajstić information content (AvgIpc) is 2.69. The zero-order valence-corrected chi connectivity index (χ0v) is 14.2. The Hall–Kier alpha value is -2.51. The molecule has 25 heavy (non-hydrogen) atoms. The largest absolute Gasteiger partial charge is 0.489 e. The fourth-order valence-corrected chi connectivity index (χ4v) is 2.56. The van der Waals surface area contributed by atoms with E-state index in [1.807, 2.05) is 6.07 Å². The van der Waals surface area contributed by atoms with Gasteiger partial charge in [0.15, 0.2) is 11.6 Å². The van der Waals surface area contributed by atoms with E-state index >= 15 is 0 Å². The summed E-state index contributed by atoms with van der Waals surface area (Å²) < 4.78 is 15.7. The molecule has 1 aliphatic rings. The summed E-state index contributed by atoms with van der Waals surface area (Å²) in [6.07, 6.45) is 3.29. The van der Waals surface area contributed by atoms with Crippen molar-refractivity contribution < 1.29 is 19.0 Å². The van der Waals surface area contributed by atoms with Gasteiger partial charge in [-0.25, -0.2) is 14.8 Å². The van der Waals surface area contributed by atoms with Gasteiger partial charge in [0.1, 0.15) is 6.61 Å². The molecule has 1 fully saturated rings. The van der Waals surface area contributed by atoms with Gasteiger partial charge >= 0.3 is 5.97 Å². The Bertz CT molecular complexity index is 700. The molecule has 2 heterocycles. The summed E-state index contributed by atoms with van der Waals surface area (Å²) in [5.74, 6) is 0.775. The molecule has 0 aliphatic carbocycles. The highest BCUT2D eigenvalue weighted by molar-refractivity contribution is 5.90. The van der Waals surface area contributed by atoms with Gasteiger partial charge in [0.05, 0.1) is 38.3 Å². The molecule has 1 aromatic carbocycles. The van der Waals surface area contributed by atoms with Crippen molar-refractivity contribution in [1.29, 1.82) is 0 Å². The maximum atomic E-state index is 11.6. The molecule has 0 amide bonds. The number of hydrogen-bond acceptors (Lipinski definition) is 7. The van der Waals surface area contributed by atoms with E-state index in [9.17, 15) is 4.79 Å². The molecular formula is C18H21N3O4. The second-order valence-corrected chi connectivity index (χ2v) is 5.62. The van der Waals surface area contributed by atoms with Crippen molar-refractivity contribution in [2.24, 2.45) is 0 Å². The summed E-state index contributed by atoms with van der Waals surface area (Å²) in [4.78, 5) is 22.5. The normalized spacial score (nSPS) is 14.9. The molecule has 0 spiro atoms. The van der Waals surface area contributed by atoms with Crippen molar-refractivity contribution in [2.45, 2.75) is 0 Å². The van der Waals surface area contributed by atoms with Crippen molar-refractivity contribution in [2.75, 3.05) is 46.6 Å². The Balaban J connectivity index is 1.57. The fourth-order valence-electron chi connectivity index (χ4n) is 2.56. The van der Waals surface area contributed by atoms with Gasteiger partial charge < -0.3 is 14.2 Å². The lowest BCUT2D eigenvalue weighted by Gasteiger charge is -2.26. The van der Waals surface area contributed by atoms with Crippen LogP contribution in [0.15, 0.2) is 36.7 Å². The van der Waals surface area contributed by atoms with Crippen molar-refractivity contribution >= 4 is 5.97 Å². The number of methoxy groups -OCH3 is 1. The van der Waals surface area contributed by atoms with Gasteiger partial charge in [0.2, 0.25) is 0 Å². The van der Waals surface area contributed by atoms with Crippen LogP contribution >= 0.6 is 0 Å². The summed E-state index contributed by atoms with van der Waals surface area (Å²) in [6.45, 7) is 4.88. The van der Waals surface area contributed by atoms with Crippen molar-refractivity contribution in [3.63, 3.8) is 0 Å². The molecule has 0 saturated carbocycles. The number of rotatable bonds is 6. The molecule has 3 rings (SSSR count). The van der Waals surface area contributed by atoms with Crippen molar-refractivity contribution in [1.82, 2.24) is 14.9 Å². The van der Waals surface area contributed by atoms with Gasteiger partial charge in [-0.2, -0.15) is 0 Å². The summed E-state index contributed by atoms with van der Waals surface area (Å²) in [5, 5.41) is 0. The smallest absolute Gasteiger partial charge is 0.337 e. The molecule has 7 nitrogen and oxygen atoms in total. The first-order chi connectivity index (χ1) is 12.3. The summed E-state index contributed by atoms with van der Waals surface area (Å²) in [6, 6.07) is 7.02. The van der Waals surface area contributed by atoms with Gasteiger partial charge in [0, 0.05) is 25.2 Å². The molecule has 132 valence electrons. The molecule has 0 N–H and O–H groups in total. The molecule has 2 aromatic rings. The first-order valence-corrected chi connectivity index (χ1v) is 8.20. The lowest BCUT2D eigenvalue weighted by molar-refractivity contribution is 0.0322. The van der Waals surface area contributed by atoms with Gasteiger partial charge in [-0.1, -0.05) is 12.1 Å². The number of ether oxygens (including phenoxy) is 3. The first kappa shape index (κ1) is 17.3. The predicted molar refractivity (Wildman–Crippen MR) is 91.6 cm³/mol. The number of hydrogen-bond donors (Lipinski definition) is 0. The number of aromatic nitrogens is 2. The van der Waals surface area contributed by atoms with E-state index in [-0.39, 0.29) is 5.97 Å². The Morgan fingerprint density at radius 2 is 2.00 bits per heavy atom. The number of carbonyl (C=O) groups excluding carboxylic acids is 1. The van der Waals surface area contributed by atoms with Gasteiger partial charge in [-0.3, -0.25) is 4.90 Å². The van der Waals surface area contributed by atoms with Crippen LogP contribution in [0, 0.1) is 0 Å². The standard InChI is InChI=1S/C18H21N3O4/c1-23-18(22)15-4-2-3-14(11-15)17-19-12-16(13-20-17)25-10-7-21-5-8-24-9-6-21/h2-4,11-13H,5-10H2,1H3. The fraction of sp³-hybridized carbons (Fsp3) is 0.389. The maximum absolute atomic E-state index is 11.6. The Labute approximate surface area is 146 Å². The SMILES string of the molecule is COC(=O)c1cccc(-c2ncc(OCCN3CCOCC3)cn2)c1. The zero-order valence-electron chi connectivity index (χ0n) is 14.2. The van der Waals surface area contributed by atoms with Crippen molar-refractivity contribution in [3.05, 3.63) is 42.2 Å². The highest BCUT2D eigenvalue weighted by Crippen LogP contribution is 2.18. The molecule has 1 aliphatic heterocycles. The summed E-state index contributed by atoms with van der Waals surface area (Å²) in [7, 11) is 1.36. The molecular weight excluding hydrogens is 322 g/mol. The van der Waals surface area contributed by atoms with Crippen LogP contribution in [-0.2, 0) is 9.47 Å². The number of morpholine rings is 1. The van der Waals surface area contributed by atoms with Crippen LogP contribution in [0.1, 0.15) is 10.4 Å². The second kappa shape index (κ2) is 8.55. The third-order valence-corrected chi connectivity index (χ3v) is 3.95. The topological polar surface area (TPSA) is 73.8 Å². The lowest BCUT2D eigenvalue weighted by atomic mass is 10.1. The van der Waals surface area contributed by atoms with Crippen LogP contribution in [0.5, 0.6) is 5.75 Å². The Morgan fingerprint density at radius 1 is 1.24 bits per heavy atom. The molecule has 0 unspecified atom stereocenters. The highest BCUT2D eigenvalue weighted by atomic mass is 16.5. The van der Waals surface area contributed by atoms with Crippen LogP contribution in [0.3, 0.4) is 0 Å². The van der Waals surface area contributed by atoms with Gasteiger partial charge in [-0.15, -0.1) is 0 Å². The third-order valence-electron chi connectivity index (χ3n) is 3.95. The van der Waals surface area contributed by atoms with Gasteiger partial charge in [0.25, 0.3) is 0 Å². The lowest BCUT2D eigenvalue weighted by Crippen LogP contribution is -2.38. The Morgan fingerprint density at radius 3 is 2.72 bits per heavy atom. The van der Waals surface area contributed by atoms with Crippen molar-refractivity contribution in [3.8, 4) is 17.1 Å².